The molecule has 40 heavy (non-hydrogen) atoms. The predicted octanol–water partition coefficient (Wildman–Crippen LogP) is 3.70. The van der Waals surface area contributed by atoms with E-state index in [1.54, 1.807) is 10.6 Å². The van der Waals surface area contributed by atoms with Gasteiger partial charge in [0, 0.05) is 49.5 Å². The van der Waals surface area contributed by atoms with Crippen LogP contribution in [0.1, 0.15) is 58.4 Å². The number of hydrogen-bond acceptors (Lipinski definition) is 7. The summed E-state index contributed by atoms with van der Waals surface area (Å²) >= 11 is 0. The zero-order valence-corrected chi connectivity index (χ0v) is 22.7. The Labute approximate surface area is 232 Å². The number of carbonyl (C=O) groups is 2. The Bertz CT molecular complexity index is 1550. The maximum Gasteiger partial charge on any atom is 0.354 e. The van der Waals surface area contributed by atoms with Crippen LogP contribution in [0.5, 0.6) is 0 Å². The van der Waals surface area contributed by atoms with Gasteiger partial charge in [0.2, 0.25) is 5.82 Å². The summed E-state index contributed by atoms with van der Waals surface area (Å²) in [5.74, 6) is -1.16. The Kier molecular flexibility index (Phi) is 6.61. The molecule has 0 bridgehead atoms. The number of fused-ring (bicyclic) bond motifs is 1. The second-order valence-electron chi connectivity index (χ2n) is 10.9. The van der Waals surface area contributed by atoms with Gasteiger partial charge in [-0.05, 0) is 55.5 Å². The highest BCUT2D eigenvalue weighted by Gasteiger charge is 2.43. The molecular weight excluding hydrogens is 506 g/mol. The number of carboxylic acids is 1. The van der Waals surface area contributed by atoms with E-state index in [-0.39, 0.29) is 28.9 Å². The smallest absolute Gasteiger partial charge is 0.354 e. The maximum absolute atomic E-state index is 13.1. The van der Waals surface area contributed by atoms with Gasteiger partial charge < -0.3 is 20.2 Å². The summed E-state index contributed by atoms with van der Waals surface area (Å²) in [5, 5.41) is 16.8. The molecular formula is C30H33N7O3. The first-order valence-electron chi connectivity index (χ1n) is 13.8. The van der Waals surface area contributed by atoms with Crippen LogP contribution in [0.15, 0.2) is 60.9 Å². The number of carbonyl (C=O) groups excluding carboxylic acids is 1. The van der Waals surface area contributed by atoms with Crippen molar-refractivity contribution in [1.82, 2.24) is 24.9 Å². The van der Waals surface area contributed by atoms with Crippen molar-refractivity contribution in [3.05, 3.63) is 83.6 Å². The first kappa shape index (κ1) is 25.8. The van der Waals surface area contributed by atoms with Crippen molar-refractivity contribution < 1.29 is 14.7 Å². The normalized spacial score (nSPS) is 17.1. The molecule has 0 spiro atoms. The highest BCUT2D eigenvalue weighted by Crippen LogP contribution is 2.40. The third kappa shape index (κ3) is 4.74. The van der Waals surface area contributed by atoms with Crippen LogP contribution in [0.3, 0.4) is 0 Å². The van der Waals surface area contributed by atoms with Crippen LogP contribution >= 0.6 is 0 Å². The second-order valence-corrected chi connectivity index (χ2v) is 10.9. The monoisotopic (exact) mass is 539 g/mol. The van der Waals surface area contributed by atoms with E-state index in [2.05, 4.69) is 73.5 Å². The minimum Gasteiger partial charge on any atom is -0.477 e. The molecule has 0 atom stereocenters. The molecule has 2 aliphatic rings. The van der Waals surface area contributed by atoms with E-state index in [9.17, 15) is 14.7 Å². The number of pyridine rings is 2. The van der Waals surface area contributed by atoms with Crippen LogP contribution in [0.2, 0.25) is 0 Å². The summed E-state index contributed by atoms with van der Waals surface area (Å²) in [5.41, 5.74) is 5.12. The Morgan fingerprint density at radius 2 is 1.80 bits per heavy atom. The van der Waals surface area contributed by atoms with Crippen molar-refractivity contribution in [1.29, 1.82) is 0 Å². The van der Waals surface area contributed by atoms with Crippen molar-refractivity contribution in [2.75, 3.05) is 36.0 Å². The van der Waals surface area contributed by atoms with Crippen molar-refractivity contribution in [2.24, 2.45) is 0 Å². The summed E-state index contributed by atoms with van der Waals surface area (Å²) in [7, 11) is 0. The minimum atomic E-state index is -1.04. The molecule has 206 valence electrons. The highest BCUT2D eigenvalue weighted by molar-refractivity contribution is 5.91. The van der Waals surface area contributed by atoms with Crippen LogP contribution in [0, 0.1) is 6.92 Å². The summed E-state index contributed by atoms with van der Waals surface area (Å²) in [6, 6.07) is 16.2. The van der Waals surface area contributed by atoms with Crippen molar-refractivity contribution in [3.63, 3.8) is 0 Å². The number of anilines is 2. The first-order chi connectivity index (χ1) is 19.3. The first-order valence-corrected chi connectivity index (χ1v) is 13.8. The van der Waals surface area contributed by atoms with Gasteiger partial charge in [-0.25, -0.2) is 19.3 Å². The third-order valence-corrected chi connectivity index (χ3v) is 8.38. The molecule has 10 nitrogen and oxygen atoms in total. The van der Waals surface area contributed by atoms with Gasteiger partial charge in [-0.3, -0.25) is 4.79 Å². The Balaban J connectivity index is 1.10. The molecule has 2 saturated heterocycles. The largest absolute Gasteiger partial charge is 0.477 e. The molecule has 10 heteroatoms. The predicted molar refractivity (Wildman–Crippen MR) is 152 cm³/mol. The molecule has 2 fully saturated rings. The number of aromatic carboxylic acids is 1. The van der Waals surface area contributed by atoms with Crippen molar-refractivity contribution in [3.8, 4) is 0 Å². The number of aromatic nitrogens is 4. The molecule has 0 unspecified atom stereocenters. The zero-order valence-electron chi connectivity index (χ0n) is 22.7. The van der Waals surface area contributed by atoms with E-state index in [4.69, 9.17) is 0 Å². The summed E-state index contributed by atoms with van der Waals surface area (Å²) in [4.78, 5) is 37.3. The zero-order chi connectivity index (χ0) is 27.9. The fourth-order valence-electron chi connectivity index (χ4n) is 5.93. The topological polar surface area (TPSA) is 116 Å². The molecule has 2 N–H and O–H groups in total. The number of benzene rings is 1. The number of rotatable bonds is 7. The van der Waals surface area contributed by atoms with Gasteiger partial charge in [-0.2, -0.15) is 0 Å². The average molecular weight is 540 g/mol. The summed E-state index contributed by atoms with van der Waals surface area (Å²) < 4.78 is 1.72. The maximum atomic E-state index is 13.1. The quantitative estimate of drug-likeness (QED) is 0.365. The van der Waals surface area contributed by atoms with Crippen LogP contribution < -0.4 is 15.1 Å². The van der Waals surface area contributed by atoms with Gasteiger partial charge in [-0.15, -0.1) is 5.10 Å². The molecule has 0 saturated carbocycles. The fraction of sp³-hybridized carbons (Fsp3) is 0.367. The average Bonchev–Trinajstić information content (AvgIpc) is 3.39. The molecule has 0 radical (unpaired) electrons. The third-order valence-electron chi connectivity index (χ3n) is 8.38. The Hall–Kier alpha value is -4.47. The van der Waals surface area contributed by atoms with E-state index in [1.165, 1.54) is 11.8 Å². The number of hydrogen-bond donors (Lipinski definition) is 2. The lowest BCUT2D eigenvalue weighted by Gasteiger charge is -2.51. The fourth-order valence-corrected chi connectivity index (χ4v) is 5.93. The molecule has 5 heterocycles. The van der Waals surface area contributed by atoms with Gasteiger partial charge in [-0.1, -0.05) is 37.3 Å². The number of aryl methyl sites for hydroxylation is 1. The van der Waals surface area contributed by atoms with Crippen molar-refractivity contribution in [2.45, 2.75) is 44.6 Å². The van der Waals surface area contributed by atoms with E-state index < -0.39 is 5.97 Å². The van der Waals surface area contributed by atoms with Gasteiger partial charge in [0.15, 0.2) is 5.65 Å². The number of piperidine rings is 1. The standard InChI is InChI=1S/C30H33N7O3/c1-3-30(21-7-5-4-6-8-21)18-36(19-30)24-15-20(2)27-33-26(34-37(27)17-24)28(38)32-22-10-13-35(14-11-22)23-9-12-31-25(16-23)29(39)40/h4-9,12,15-17,22H,3,10-11,13-14,18-19H2,1-2H3,(H,32,38)(H,39,40). The molecule has 0 aliphatic carbocycles. The molecule has 1 amide bonds. The molecule has 1 aromatic carbocycles. The minimum absolute atomic E-state index is 0.00552. The molecule has 3 aromatic heterocycles. The molecule has 6 rings (SSSR count). The van der Waals surface area contributed by atoms with Gasteiger partial charge >= 0.3 is 5.97 Å². The number of amides is 1. The summed E-state index contributed by atoms with van der Waals surface area (Å²) in [6.45, 7) is 7.54. The van der Waals surface area contributed by atoms with Gasteiger partial charge in [0.25, 0.3) is 5.91 Å². The number of nitrogens with one attached hydrogen (secondary N) is 1. The van der Waals surface area contributed by atoms with E-state index >= 15 is 0 Å². The highest BCUT2D eigenvalue weighted by atomic mass is 16.4. The van der Waals surface area contributed by atoms with E-state index in [0.29, 0.717) is 18.7 Å². The Morgan fingerprint density at radius 1 is 1.05 bits per heavy atom. The van der Waals surface area contributed by atoms with Crippen LogP contribution in [0.4, 0.5) is 11.4 Å². The van der Waals surface area contributed by atoms with Crippen LogP contribution in [-0.2, 0) is 5.41 Å². The lowest BCUT2D eigenvalue weighted by Crippen LogP contribution is -2.59. The molecule has 4 aromatic rings. The number of carboxylic acid groups (broad SMARTS) is 1. The van der Waals surface area contributed by atoms with Gasteiger partial charge in [0.05, 0.1) is 11.9 Å². The van der Waals surface area contributed by atoms with E-state index in [0.717, 1.165) is 49.3 Å². The van der Waals surface area contributed by atoms with Crippen LogP contribution in [0.25, 0.3) is 5.65 Å². The second kappa shape index (κ2) is 10.3. The van der Waals surface area contributed by atoms with Gasteiger partial charge in [0.1, 0.15) is 5.69 Å². The summed E-state index contributed by atoms with van der Waals surface area (Å²) in [6.07, 6.45) is 6.04. The SMILES string of the molecule is CCC1(c2ccccc2)CN(c2cc(C)c3nc(C(=O)NC4CCN(c5ccnc(C(=O)O)c5)CC4)nn3c2)C1. The lowest BCUT2D eigenvalue weighted by atomic mass is 9.71. The Morgan fingerprint density at radius 3 is 2.50 bits per heavy atom. The van der Waals surface area contributed by atoms with Crippen LogP contribution in [-0.4, -0.2) is 68.8 Å². The number of nitrogens with zero attached hydrogens (tertiary/aromatic N) is 6. The van der Waals surface area contributed by atoms with Crippen molar-refractivity contribution >= 4 is 28.9 Å². The lowest BCUT2D eigenvalue weighted by molar-refractivity contribution is 0.0690. The molecule has 2 aliphatic heterocycles. The van der Waals surface area contributed by atoms with E-state index in [1.807, 2.05) is 19.2 Å².